The number of carbonyl (C=O) groups excluding carboxylic acids is 1. The maximum absolute atomic E-state index is 11.7. The third-order valence-electron chi connectivity index (χ3n) is 12.1. The molecule has 6 heteroatoms. The van der Waals surface area contributed by atoms with Crippen LogP contribution in [0.25, 0.3) is 44.1 Å². The SMILES string of the molecule is CCC(CC)C(=O)/C=C(\O)C(CC)CC.Cc1[c-]c(-c2nccc3cc(C4CCCC4)ccc23)cc(C)c1.Cc1[c-]c(-c2nccc3cc([Si](C)(C)C)ccc23)cc(C)c1.[Ir]. The van der Waals surface area contributed by atoms with Crippen LogP contribution in [0, 0.1) is 51.7 Å². The zero-order valence-electron chi connectivity index (χ0n) is 38.6. The molecule has 0 amide bonds. The first-order valence-electron chi connectivity index (χ1n) is 22.4. The Morgan fingerprint density at radius 3 is 1.62 bits per heavy atom. The van der Waals surface area contributed by atoms with E-state index in [9.17, 15) is 9.90 Å². The van der Waals surface area contributed by atoms with Crippen LogP contribution in [0.2, 0.25) is 19.6 Å². The number of nitrogens with zero attached hydrogens (tertiary/aromatic N) is 2. The standard InChI is InChI=1S/C22H22N.C20H22NSi.C13H24O2.Ir/c1-15-11-16(2)13-20(12-15)22-21-8-7-18(17-5-3-4-6-17)14-19(21)9-10-23-22;1-14-10-15(2)12-17(11-14)20-19-7-6-18(22(3,4)5)13-16(19)8-9-21-20;1-5-10(6-2)12(14)9-13(15)11(7-3)8-4;/h7-12,14,17H,3-6H2,1-2H3;6-11,13H,1-5H3;9-11,14H,5-8H2,1-4H3;/q2*-1;;/b;;12-9-;. The van der Waals surface area contributed by atoms with E-state index in [1.54, 1.807) is 0 Å². The number of carbonyl (C=O) groups is 1. The molecule has 0 spiro atoms. The third kappa shape index (κ3) is 13.1. The number of benzene rings is 4. The topological polar surface area (TPSA) is 63.1 Å². The van der Waals surface area contributed by atoms with E-state index in [-0.39, 0.29) is 43.5 Å². The summed E-state index contributed by atoms with van der Waals surface area (Å²) in [5.41, 5.74) is 10.6. The van der Waals surface area contributed by atoms with Gasteiger partial charge in [-0.1, -0.05) is 129 Å². The van der Waals surface area contributed by atoms with Crippen molar-refractivity contribution < 1.29 is 30.0 Å². The number of aliphatic hydroxyl groups excluding tert-OH is 1. The van der Waals surface area contributed by atoms with Crippen LogP contribution >= 0.6 is 0 Å². The van der Waals surface area contributed by atoms with Crippen LogP contribution in [-0.2, 0) is 24.9 Å². The number of aromatic nitrogens is 2. The summed E-state index contributed by atoms with van der Waals surface area (Å²) in [5, 5.41) is 16.3. The Hall–Kier alpha value is -4.22. The fourth-order valence-corrected chi connectivity index (χ4v) is 9.78. The molecule has 0 bridgehead atoms. The van der Waals surface area contributed by atoms with Crippen molar-refractivity contribution in [1.29, 1.82) is 0 Å². The predicted octanol–water partition coefficient (Wildman–Crippen LogP) is 14.7. The first kappa shape index (κ1) is 49.4. The molecule has 7 rings (SSSR count). The second-order valence-corrected chi connectivity index (χ2v) is 23.1. The summed E-state index contributed by atoms with van der Waals surface area (Å²) in [5.74, 6) is 1.30. The van der Waals surface area contributed by atoms with E-state index in [1.165, 1.54) is 80.7 Å². The van der Waals surface area contributed by atoms with Crippen LogP contribution in [0.5, 0.6) is 0 Å². The summed E-state index contributed by atoms with van der Waals surface area (Å²) in [6.07, 6.45) is 14.2. The average Bonchev–Trinajstić information content (AvgIpc) is 3.76. The van der Waals surface area contributed by atoms with Crippen LogP contribution in [-0.4, -0.2) is 28.9 Å². The summed E-state index contributed by atoms with van der Waals surface area (Å²) in [4.78, 5) is 21.0. The molecule has 2 heterocycles. The molecule has 61 heavy (non-hydrogen) atoms. The van der Waals surface area contributed by atoms with Crippen molar-refractivity contribution in [2.75, 3.05) is 0 Å². The normalized spacial score (nSPS) is 13.2. The number of hydrogen-bond donors (Lipinski definition) is 1. The quantitative estimate of drug-likeness (QED) is 0.0608. The van der Waals surface area contributed by atoms with Crippen molar-refractivity contribution >= 4 is 40.6 Å². The average molecular weight is 1010 g/mol. The van der Waals surface area contributed by atoms with E-state index in [1.807, 2.05) is 40.1 Å². The van der Waals surface area contributed by atoms with E-state index in [2.05, 4.69) is 142 Å². The zero-order chi connectivity index (χ0) is 43.6. The molecule has 1 saturated carbocycles. The molecule has 1 radical (unpaired) electrons. The Morgan fingerprint density at radius 1 is 0.689 bits per heavy atom. The van der Waals surface area contributed by atoms with Crippen molar-refractivity contribution in [1.82, 2.24) is 9.97 Å². The molecule has 0 unspecified atom stereocenters. The zero-order valence-corrected chi connectivity index (χ0v) is 42.0. The van der Waals surface area contributed by atoms with Crippen molar-refractivity contribution in [3.05, 3.63) is 137 Å². The van der Waals surface area contributed by atoms with Gasteiger partial charge in [0.25, 0.3) is 0 Å². The molecule has 0 saturated heterocycles. The molecule has 2 aromatic heterocycles. The second-order valence-electron chi connectivity index (χ2n) is 18.0. The van der Waals surface area contributed by atoms with E-state index in [4.69, 9.17) is 0 Å². The molecule has 0 atom stereocenters. The van der Waals surface area contributed by atoms with Gasteiger partial charge in [0.2, 0.25) is 0 Å². The monoisotopic (exact) mass is 1010 g/mol. The van der Waals surface area contributed by atoms with E-state index in [0.717, 1.165) is 59.7 Å². The van der Waals surface area contributed by atoms with Gasteiger partial charge in [0.1, 0.15) is 0 Å². The van der Waals surface area contributed by atoms with Crippen LogP contribution < -0.4 is 5.19 Å². The van der Waals surface area contributed by atoms with Gasteiger partial charge in [-0.15, -0.1) is 69.8 Å². The summed E-state index contributed by atoms with van der Waals surface area (Å²) in [6.45, 7) is 23.7. The number of aryl methyl sites for hydroxylation is 4. The van der Waals surface area contributed by atoms with Gasteiger partial charge in [-0.05, 0) is 95.1 Å². The molecular weight excluding hydrogens is 941 g/mol. The van der Waals surface area contributed by atoms with Gasteiger partial charge < -0.3 is 15.1 Å². The molecule has 1 aliphatic rings. The van der Waals surface area contributed by atoms with E-state index < -0.39 is 8.07 Å². The van der Waals surface area contributed by atoms with Gasteiger partial charge >= 0.3 is 0 Å². The number of pyridine rings is 2. The number of allylic oxidation sites excluding steroid dienone is 2. The third-order valence-corrected chi connectivity index (χ3v) is 14.2. The molecule has 0 aliphatic heterocycles. The molecular formula is C55H68IrN2O2Si-2. The first-order valence-corrected chi connectivity index (χ1v) is 25.9. The molecule has 1 N–H and O–H groups in total. The Bertz CT molecular complexity index is 2380. The fourth-order valence-electron chi connectivity index (χ4n) is 8.61. The Kier molecular flexibility index (Phi) is 18.4. The van der Waals surface area contributed by atoms with Crippen LogP contribution in [0.1, 0.15) is 113 Å². The molecule has 325 valence electrons. The number of hydrogen-bond acceptors (Lipinski definition) is 4. The molecule has 4 aromatic carbocycles. The van der Waals surface area contributed by atoms with Crippen LogP contribution in [0.3, 0.4) is 0 Å². The minimum atomic E-state index is -1.29. The van der Waals surface area contributed by atoms with E-state index >= 15 is 0 Å². The number of rotatable bonds is 11. The number of fused-ring (bicyclic) bond motifs is 2. The Morgan fingerprint density at radius 2 is 1.16 bits per heavy atom. The predicted molar refractivity (Wildman–Crippen MR) is 259 cm³/mol. The van der Waals surface area contributed by atoms with Gasteiger partial charge in [-0.2, -0.15) is 0 Å². The Labute approximate surface area is 382 Å². The van der Waals surface area contributed by atoms with Gasteiger partial charge in [0.05, 0.1) is 13.8 Å². The number of ketones is 1. The summed E-state index contributed by atoms with van der Waals surface area (Å²) in [7, 11) is -1.29. The summed E-state index contributed by atoms with van der Waals surface area (Å²) in [6, 6.07) is 33.6. The summed E-state index contributed by atoms with van der Waals surface area (Å²) < 4.78 is 0. The smallest absolute Gasteiger partial charge is 0.162 e. The maximum atomic E-state index is 11.7. The first-order chi connectivity index (χ1) is 28.6. The van der Waals surface area contributed by atoms with Crippen LogP contribution in [0.15, 0.2) is 97.0 Å². The molecule has 1 aliphatic carbocycles. The molecule has 1 fully saturated rings. The van der Waals surface area contributed by atoms with Gasteiger partial charge in [0.15, 0.2) is 5.78 Å². The number of aliphatic hydroxyl groups is 1. The maximum Gasteiger partial charge on any atom is 0.162 e. The van der Waals surface area contributed by atoms with Crippen molar-refractivity contribution in [2.45, 2.75) is 132 Å². The second kappa shape index (κ2) is 22.7. The minimum absolute atomic E-state index is 0. The Balaban J connectivity index is 0.000000205. The summed E-state index contributed by atoms with van der Waals surface area (Å²) >= 11 is 0. The fraction of sp³-hybridized carbons (Fsp3) is 0.400. The van der Waals surface area contributed by atoms with Crippen molar-refractivity contribution in [3.8, 4) is 22.5 Å². The molecule has 4 nitrogen and oxygen atoms in total. The van der Waals surface area contributed by atoms with E-state index in [0.29, 0.717) is 0 Å². The minimum Gasteiger partial charge on any atom is -0.512 e. The van der Waals surface area contributed by atoms with Crippen molar-refractivity contribution in [3.63, 3.8) is 0 Å². The van der Waals surface area contributed by atoms with Crippen LogP contribution in [0.4, 0.5) is 0 Å². The van der Waals surface area contributed by atoms with Gasteiger partial charge in [-0.3, -0.25) is 4.79 Å². The van der Waals surface area contributed by atoms with Crippen molar-refractivity contribution in [2.24, 2.45) is 11.8 Å². The largest absolute Gasteiger partial charge is 0.512 e. The van der Waals surface area contributed by atoms with Gasteiger partial charge in [-0.25, -0.2) is 0 Å². The molecule has 6 aromatic rings. The van der Waals surface area contributed by atoms with Gasteiger partial charge in [0, 0.05) is 50.4 Å².